The zero-order chi connectivity index (χ0) is 12.3. The minimum absolute atomic E-state index is 0.0883. The van der Waals surface area contributed by atoms with Crippen molar-refractivity contribution in [3.63, 3.8) is 0 Å². The Balaban J connectivity index is 2.03. The standard InChI is InChI=1S/C13H19N3S/c1-15-6-3-12(4-7-15)16(2)13(9-14)11-5-8-17-10-11/h5,8,10,12-13H,3-4,6-7H2,1-2H3. The summed E-state index contributed by atoms with van der Waals surface area (Å²) in [4.78, 5) is 4.60. The van der Waals surface area contributed by atoms with Gasteiger partial charge >= 0.3 is 0 Å². The molecule has 2 heterocycles. The van der Waals surface area contributed by atoms with Crippen LogP contribution in [-0.2, 0) is 0 Å². The van der Waals surface area contributed by atoms with Gasteiger partial charge in [0.15, 0.2) is 0 Å². The normalized spacial score (nSPS) is 20.4. The molecule has 1 aromatic rings. The summed E-state index contributed by atoms with van der Waals surface area (Å²) in [5.41, 5.74) is 1.14. The van der Waals surface area contributed by atoms with Gasteiger partial charge < -0.3 is 4.90 Å². The maximum Gasteiger partial charge on any atom is 0.124 e. The van der Waals surface area contributed by atoms with Crippen LogP contribution in [0.1, 0.15) is 24.4 Å². The fourth-order valence-electron chi connectivity index (χ4n) is 2.44. The Morgan fingerprint density at radius 3 is 2.76 bits per heavy atom. The van der Waals surface area contributed by atoms with Crippen LogP contribution in [-0.4, -0.2) is 43.0 Å². The average molecular weight is 249 g/mol. The van der Waals surface area contributed by atoms with E-state index in [1.165, 1.54) is 0 Å². The van der Waals surface area contributed by atoms with E-state index in [0.29, 0.717) is 6.04 Å². The zero-order valence-corrected chi connectivity index (χ0v) is 11.3. The summed E-state index contributed by atoms with van der Waals surface area (Å²) in [7, 11) is 4.25. The molecule has 0 radical (unpaired) electrons. The molecule has 0 aliphatic carbocycles. The highest BCUT2D eigenvalue weighted by Crippen LogP contribution is 2.26. The SMILES string of the molecule is CN1CCC(N(C)C(C#N)c2ccsc2)CC1. The molecular weight excluding hydrogens is 230 g/mol. The Labute approximate surface area is 107 Å². The quantitative estimate of drug-likeness (QED) is 0.823. The van der Waals surface area contributed by atoms with Crippen LogP contribution in [0.15, 0.2) is 16.8 Å². The summed E-state index contributed by atoms with van der Waals surface area (Å²) in [6, 6.07) is 4.94. The summed E-state index contributed by atoms with van der Waals surface area (Å²) >= 11 is 1.66. The van der Waals surface area contributed by atoms with Crippen LogP contribution in [0.25, 0.3) is 0 Å². The molecule has 0 spiro atoms. The van der Waals surface area contributed by atoms with Crippen molar-refractivity contribution in [1.29, 1.82) is 5.26 Å². The van der Waals surface area contributed by atoms with Gasteiger partial charge in [-0.2, -0.15) is 16.6 Å². The fourth-order valence-corrected chi connectivity index (χ4v) is 3.12. The summed E-state index contributed by atoms with van der Waals surface area (Å²) in [5, 5.41) is 13.5. The number of rotatable bonds is 3. The van der Waals surface area contributed by atoms with Crippen LogP contribution in [0.4, 0.5) is 0 Å². The van der Waals surface area contributed by atoms with Crippen molar-refractivity contribution >= 4 is 11.3 Å². The Morgan fingerprint density at radius 1 is 1.53 bits per heavy atom. The molecule has 1 unspecified atom stereocenters. The lowest BCUT2D eigenvalue weighted by molar-refractivity contribution is 0.126. The van der Waals surface area contributed by atoms with E-state index in [4.69, 9.17) is 0 Å². The predicted octanol–water partition coefficient (Wildman–Crippen LogP) is 2.34. The lowest BCUT2D eigenvalue weighted by Crippen LogP contribution is -2.43. The first-order chi connectivity index (χ1) is 8.22. The second-order valence-electron chi connectivity index (χ2n) is 4.79. The molecule has 92 valence electrons. The molecule has 1 aliphatic heterocycles. The number of nitriles is 1. The van der Waals surface area contributed by atoms with Crippen molar-refractivity contribution in [2.45, 2.75) is 24.9 Å². The largest absolute Gasteiger partial charge is 0.306 e. The van der Waals surface area contributed by atoms with Crippen molar-refractivity contribution in [1.82, 2.24) is 9.80 Å². The van der Waals surface area contributed by atoms with Gasteiger partial charge in [0.25, 0.3) is 0 Å². The third-order valence-electron chi connectivity index (χ3n) is 3.65. The minimum Gasteiger partial charge on any atom is -0.306 e. The number of hydrogen-bond acceptors (Lipinski definition) is 4. The van der Waals surface area contributed by atoms with Crippen molar-refractivity contribution in [3.05, 3.63) is 22.4 Å². The van der Waals surface area contributed by atoms with Gasteiger partial charge in [-0.25, -0.2) is 0 Å². The van der Waals surface area contributed by atoms with Gasteiger partial charge in [0, 0.05) is 6.04 Å². The molecule has 2 rings (SSSR count). The molecule has 0 saturated carbocycles. The van der Waals surface area contributed by atoms with Crippen LogP contribution in [0.2, 0.25) is 0 Å². The molecule has 0 aromatic carbocycles. The predicted molar refractivity (Wildman–Crippen MR) is 71.0 cm³/mol. The Kier molecular flexibility index (Phi) is 4.16. The lowest BCUT2D eigenvalue weighted by Gasteiger charge is -2.37. The van der Waals surface area contributed by atoms with Crippen molar-refractivity contribution in [2.24, 2.45) is 0 Å². The maximum absolute atomic E-state index is 9.35. The smallest absolute Gasteiger partial charge is 0.124 e. The van der Waals surface area contributed by atoms with Crippen LogP contribution < -0.4 is 0 Å². The number of hydrogen-bond donors (Lipinski definition) is 0. The Bertz CT molecular complexity index is 374. The number of piperidine rings is 1. The third kappa shape index (κ3) is 2.86. The summed E-state index contributed by atoms with van der Waals surface area (Å²) in [5.74, 6) is 0. The monoisotopic (exact) mass is 249 g/mol. The zero-order valence-electron chi connectivity index (χ0n) is 10.5. The Morgan fingerprint density at radius 2 is 2.24 bits per heavy atom. The number of thiophene rings is 1. The second-order valence-corrected chi connectivity index (χ2v) is 5.57. The Hall–Kier alpha value is -0.890. The van der Waals surface area contributed by atoms with Gasteiger partial charge in [-0.15, -0.1) is 0 Å². The van der Waals surface area contributed by atoms with Gasteiger partial charge in [0.2, 0.25) is 0 Å². The first kappa shape index (κ1) is 12.6. The van der Waals surface area contributed by atoms with E-state index >= 15 is 0 Å². The van der Waals surface area contributed by atoms with E-state index < -0.39 is 0 Å². The van der Waals surface area contributed by atoms with E-state index in [0.717, 1.165) is 31.5 Å². The molecule has 3 nitrogen and oxygen atoms in total. The van der Waals surface area contributed by atoms with Gasteiger partial charge in [-0.3, -0.25) is 4.90 Å². The van der Waals surface area contributed by atoms with Gasteiger partial charge in [-0.1, -0.05) is 0 Å². The van der Waals surface area contributed by atoms with Gasteiger partial charge in [-0.05, 0) is 62.4 Å². The molecule has 0 bridgehead atoms. The van der Waals surface area contributed by atoms with Crippen LogP contribution >= 0.6 is 11.3 Å². The summed E-state index contributed by atoms with van der Waals surface area (Å²) < 4.78 is 0. The number of likely N-dealkylation sites (tertiary alicyclic amines) is 1. The van der Waals surface area contributed by atoms with Gasteiger partial charge in [0.1, 0.15) is 6.04 Å². The van der Waals surface area contributed by atoms with E-state index in [1.807, 2.05) is 5.38 Å². The molecule has 0 amide bonds. The maximum atomic E-state index is 9.35. The molecule has 1 aliphatic rings. The van der Waals surface area contributed by atoms with Crippen molar-refractivity contribution in [2.75, 3.05) is 27.2 Å². The van der Waals surface area contributed by atoms with E-state index in [1.54, 1.807) is 11.3 Å². The summed E-state index contributed by atoms with van der Waals surface area (Å²) in [6.45, 7) is 2.27. The molecule has 17 heavy (non-hydrogen) atoms. The molecule has 1 saturated heterocycles. The molecule has 4 heteroatoms. The fraction of sp³-hybridized carbons (Fsp3) is 0.615. The highest BCUT2D eigenvalue weighted by molar-refractivity contribution is 7.08. The highest BCUT2D eigenvalue weighted by Gasteiger charge is 2.26. The van der Waals surface area contributed by atoms with E-state index in [-0.39, 0.29) is 6.04 Å². The van der Waals surface area contributed by atoms with Gasteiger partial charge in [0.05, 0.1) is 6.07 Å². The molecule has 1 atom stereocenters. The number of nitrogens with zero attached hydrogens (tertiary/aromatic N) is 3. The van der Waals surface area contributed by atoms with E-state index in [2.05, 4.69) is 41.4 Å². The average Bonchev–Trinajstić information content (AvgIpc) is 2.84. The van der Waals surface area contributed by atoms with Crippen LogP contribution in [0.5, 0.6) is 0 Å². The lowest BCUT2D eigenvalue weighted by atomic mass is 10.0. The second kappa shape index (κ2) is 5.63. The first-order valence-corrected chi connectivity index (χ1v) is 6.99. The molecule has 1 fully saturated rings. The first-order valence-electron chi connectivity index (χ1n) is 6.04. The van der Waals surface area contributed by atoms with Crippen LogP contribution in [0, 0.1) is 11.3 Å². The topological polar surface area (TPSA) is 30.3 Å². The molecule has 1 aromatic heterocycles. The minimum atomic E-state index is -0.0883. The molecular formula is C13H19N3S. The molecule has 0 N–H and O–H groups in total. The van der Waals surface area contributed by atoms with Crippen LogP contribution in [0.3, 0.4) is 0 Å². The van der Waals surface area contributed by atoms with Crippen molar-refractivity contribution < 1.29 is 0 Å². The van der Waals surface area contributed by atoms with E-state index in [9.17, 15) is 5.26 Å². The van der Waals surface area contributed by atoms with Crippen molar-refractivity contribution in [3.8, 4) is 6.07 Å². The third-order valence-corrected chi connectivity index (χ3v) is 4.35. The summed E-state index contributed by atoms with van der Waals surface area (Å²) in [6.07, 6.45) is 2.32. The highest BCUT2D eigenvalue weighted by atomic mass is 32.1.